The minimum atomic E-state index is -0.0147. The third kappa shape index (κ3) is 3.54. The number of ketones is 1. The van der Waals surface area contributed by atoms with Crippen LogP contribution in [0.2, 0.25) is 0 Å². The number of nitrogens with zero attached hydrogens (tertiary/aromatic N) is 2. The third-order valence-corrected chi connectivity index (χ3v) is 5.46. The summed E-state index contributed by atoms with van der Waals surface area (Å²) in [5.74, 6) is 0.914. The lowest BCUT2D eigenvalue weighted by atomic mass is 10.1. The van der Waals surface area contributed by atoms with E-state index in [1.807, 2.05) is 41.8 Å². The topological polar surface area (TPSA) is 52.0 Å². The normalized spacial score (nSPS) is 11.0. The number of carbonyl (C=O) groups is 1. The lowest BCUT2D eigenvalue weighted by Crippen LogP contribution is -2.19. The summed E-state index contributed by atoms with van der Waals surface area (Å²) < 4.78 is 1.58. The van der Waals surface area contributed by atoms with Crippen LogP contribution < -0.4 is 5.56 Å². The smallest absolute Gasteiger partial charge is 0.262 e. The molecule has 0 bridgehead atoms. The van der Waals surface area contributed by atoms with Crippen molar-refractivity contribution in [1.82, 2.24) is 9.55 Å². The standard InChI is InChI=1S/C17H16N2O2S2/c1-19-16(21)13-9-11-22-15(13)18-17(19)23-10-5-8-14(20)12-6-3-2-4-7-12/h2-4,6-7,9,11H,5,8,10H2,1H3. The second-order valence-electron chi connectivity index (χ2n) is 5.14. The summed E-state index contributed by atoms with van der Waals surface area (Å²) in [7, 11) is 1.74. The molecule has 0 aliphatic carbocycles. The van der Waals surface area contributed by atoms with Crippen LogP contribution in [0.5, 0.6) is 0 Å². The molecule has 23 heavy (non-hydrogen) atoms. The monoisotopic (exact) mass is 344 g/mol. The Kier molecular flexibility index (Phi) is 4.93. The van der Waals surface area contributed by atoms with Gasteiger partial charge in [-0.05, 0) is 17.9 Å². The number of carbonyl (C=O) groups excluding carboxylic acids is 1. The molecule has 3 rings (SSSR count). The Morgan fingerprint density at radius 1 is 1.26 bits per heavy atom. The van der Waals surface area contributed by atoms with Crippen molar-refractivity contribution in [2.75, 3.05) is 5.75 Å². The second kappa shape index (κ2) is 7.10. The number of thiophene rings is 1. The van der Waals surface area contributed by atoms with Crippen LogP contribution in [0.15, 0.2) is 51.7 Å². The first kappa shape index (κ1) is 16.0. The molecule has 6 heteroatoms. The second-order valence-corrected chi connectivity index (χ2v) is 7.10. The Hall–Kier alpha value is -1.92. The molecule has 4 nitrogen and oxygen atoms in total. The molecule has 0 saturated carbocycles. The largest absolute Gasteiger partial charge is 0.294 e. The highest BCUT2D eigenvalue weighted by Gasteiger charge is 2.10. The van der Waals surface area contributed by atoms with E-state index < -0.39 is 0 Å². The highest BCUT2D eigenvalue weighted by molar-refractivity contribution is 7.99. The van der Waals surface area contributed by atoms with Gasteiger partial charge < -0.3 is 0 Å². The van der Waals surface area contributed by atoms with Gasteiger partial charge in [0.2, 0.25) is 0 Å². The number of Topliss-reactive ketones (excluding diaryl/α,β-unsaturated/α-hetero) is 1. The van der Waals surface area contributed by atoms with E-state index in [4.69, 9.17) is 0 Å². The molecule has 0 amide bonds. The Morgan fingerprint density at radius 3 is 2.83 bits per heavy atom. The van der Waals surface area contributed by atoms with Crippen LogP contribution in [0.25, 0.3) is 10.2 Å². The summed E-state index contributed by atoms with van der Waals surface area (Å²) in [6, 6.07) is 11.1. The first-order valence-electron chi connectivity index (χ1n) is 7.32. The number of hydrogen-bond donors (Lipinski definition) is 0. The average molecular weight is 344 g/mol. The van der Waals surface area contributed by atoms with Gasteiger partial charge in [-0.25, -0.2) is 4.98 Å². The summed E-state index contributed by atoms with van der Waals surface area (Å²) >= 11 is 3.00. The minimum Gasteiger partial charge on any atom is -0.294 e. The quantitative estimate of drug-likeness (QED) is 0.296. The summed E-state index contributed by atoms with van der Waals surface area (Å²) in [4.78, 5) is 29.5. The van der Waals surface area contributed by atoms with E-state index in [2.05, 4.69) is 4.98 Å². The molecule has 0 aliphatic rings. The van der Waals surface area contributed by atoms with E-state index in [1.165, 1.54) is 23.1 Å². The fourth-order valence-corrected chi connectivity index (χ4v) is 3.99. The Morgan fingerprint density at radius 2 is 2.04 bits per heavy atom. The maximum absolute atomic E-state index is 12.2. The minimum absolute atomic E-state index is 0.0147. The van der Waals surface area contributed by atoms with E-state index in [9.17, 15) is 9.59 Å². The number of aromatic nitrogens is 2. The van der Waals surface area contributed by atoms with Crippen LogP contribution >= 0.6 is 23.1 Å². The van der Waals surface area contributed by atoms with Crippen molar-refractivity contribution in [3.63, 3.8) is 0 Å². The van der Waals surface area contributed by atoms with Crippen molar-refractivity contribution in [2.24, 2.45) is 7.05 Å². The average Bonchev–Trinajstić information content (AvgIpc) is 3.05. The van der Waals surface area contributed by atoms with Gasteiger partial charge in [0.15, 0.2) is 10.9 Å². The lowest BCUT2D eigenvalue weighted by Gasteiger charge is -2.06. The van der Waals surface area contributed by atoms with Crippen molar-refractivity contribution in [1.29, 1.82) is 0 Å². The summed E-state index contributed by atoms with van der Waals surface area (Å²) in [6.07, 6.45) is 1.27. The molecule has 3 aromatic rings. The number of hydrogen-bond acceptors (Lipinski definition) is 5. The third-order valence-electron chi connectivity index (χ3n) is 3.54. The summed E-state index contributed by atoms with van der Waals surface area (Å²) in [5.41, 5.74) is 0.738. The number of benzene rings is 1. The zero-order valence-corrected chi connectivity index (χ0v) is 14.3. The molecule has 0 radical (unpaired) electrons. The molecule has 1 aromatic carbocycles. The van der Waals surface area contributed by atoms with Crippen molar-refractivity contribution in [2.45, 2.75) is 18.0 Å². The van der Waals surface area contributed by atoms with E-state index in [0.717, 1.165) is 22.6 Å². The first-order valence-corrected chi connectivity index (χ1v) is 9.18. The lowest BCUT2D eigenvalue weighted by molar-refractivity contribution is 0.0982. The fourth-order valence-electron chi connectivity index (χ4n) is 2.27. The van der Waals surface area contributed by atoms with Gasteiger partial charge in [0.1, 0.15) is 4.83 Å². The van der Waals surface area contributed by atoms with Crippen LogP contribution in [0.1, 0.15) is 23.2 Å². The van der Waals surface area contributed by atoms with Gasteiger partial charge in [0, 0.05) is 24.8 Å². The Bertz CT molecular complexity index is 884. The zero-order valence-electron chi connectivity index (χ0n) is 12.7. The SMILES string of the molecule is Cn1c(SCCCC(=O)c2ccccc2)nc2sccc2c1=O. The van der Waals surface area contributed by atoms with E-state index >= 15 is 0 Å². The van der Waals surface area contributed by atoms with Crippen molar-refractivity contribution in [3.8, 4) is 0 Å². The van der Waals surface area contributed by atoms with Crippen molar-refractivity contribution >= 4 is 39.1 Å². The van der Waals surface area contributed by atoms with Crippen LogP contribution in [-0.2, 0) is 7.05 Å². The van der Waals surface area contributed by atoms with Gasteiger partial charge in [-0.15, -0.1) is 11.3 Å². The molecule has 0 unspecified atom stereocenters. The van der Waals surface area contributed by atoms with Gasteiger partial charge in [-0.1, -0.05) is 42.1 Å². The van der Waals surface area contributed by atoms with Gasteiger partial charge in [-0.3, -0.25) is 14.2 Å². The highest BCUT2D eigenvalue weighted by atomic mass is 32.2. The number of thioether (sulfide) groups is 1. The van der Waals surface area contributed by atoms with E-state index in [-0.39, 0.29) is 11.3 Å². The van der Waals surface area contributed by atoms with E-state index in [1.54, 1.807) is 11.6 Å². The molecule has 0 aliphatic heterocycles. The molecule has 0 atom stereocenters. The van der Waals surface area contributed by atoms with E-state index in [0.29, 0.717) is 17.0 Å². The first-order chi connectivity index (χ1) is 11.2. The van der Waals surface area contributed by atoms with Crippen molar-refractivity contribution in [3.05, 3.63) is 57.7 Å². The predicted octanol–water partition coefficient (Wildman–Crippen LogP) is 3.75. The number of fused-ring (bicyclic) bond motifs is 1. The molecule has 0 saturated heterocycles. The van der Waals surface area contributed by atoms with Gasteiger partial charge in [0.25, 0.3) is 5.56 Å². The molecule has 0 fully saturated rings. The maximum Gasteiger partial charge on any atom is 0.262 e. The van der Waals surface area contributed by atoms with Crippen LogP contribution in [0.3, 0.4) is 0 Å². The fraction of sp³-hybridized carbons (Fsp3) is 0.235. The maximum atomic E-state index is 12.2. The summed E-state index contributed by atoms with van der Waals surface area (Å²) in [5, 5.41) is 3.25. The Labute approximate surface area is 142 Å². The molecule has 0 spiro atoms. The summed E-state index contributed by atoms with van der Waals surface area (Å²) in [6.45, 7) is 0. The highest BCUT2D eigenvalue weighted by Crippen LogP contribution is 2.21. The molecule has 0 N–H and O–H groups in total. The van der Waals surface area contributed by atoms with Crippen LogP contribution in [-0.4, -0.2) is 21.1 Å². The van der Waals surface area contributed by atoms with Gasteiger partial charge >= 0.3 is 0 Å². The van der Waals surface area contributed by atoms with Gasteiger partial charge in [-0.2, -0.15) is 0 Å². The molecule has 2 aromatic heterocycles. The molecule has 118 valence electrons. The zero-order chi connectivity index (χ0) is 16.2. The Balaban J connectivity index is 1.60. The van der Waals surface area contributed by atoms with Crippen LogP contribution in [0.4, 0.5) is 0 Å². The predicted molar refractivity (Wildman–Crippen MR) is 95.6 cm³/mol. The molecular formula is C17H16N2O2S2. The van der Waals surface area contributed by atoms with Crippen LogP contribution in [0, 0.1) is 0 Å². The van der Waals surface area contributed by atoms with Gasteiger partial charge in [0.05, 0.1) is 5.39 Å². The van der Waals surface area contributed by atoms with Crippen molar-refractivity contribution < 1.29 is 4.79 Å². The number of rotatable bonds is 6. The molecule has 2 heterocycles. The molecular weight excluding hydrogens is 328 g/mol.